The predicted octanol–water partition coefficient (Wildman–Crippen LogP) is 3.65. The lowest BCUT2D eigenvalue weighted by Crippen LogP contribution is -2.34. The van der Waals surface area contributed by atoms with Crippen molar-refractivity contribution in [2.75, 3.05) is 13.6 Å². The molecule has 0 radical (unpaired) electrons. The summed E-state index contributed by atoms with van der Waals surface area (Å²) in [7, 11) is 1.68. The maximum Gasteiger partial charge on any atom is 0.414 e. The highest BCUT2D eigenvalue weighted by molar-refractivity contribution is 5.72. The zero-order valence-corrected chi connectivity index (χ0v) is 15.0. The first kappa shape index (κ1) is 18.1. The zero-order valence-electron chi connectivity index (χ0n) is 15.0. The van der Waals surface area contributed by atoms with Gasteiger partial charge < -0.3 is 19.7 Å². The lowest BCUT2D eigenvalue weighted by atomic mass is 10.1. The first-order valence-corrected chi connectivity index (χ1v) is 8.25. The fourth-order valence-electron chi connectivity index (χ4n) is 2.63. The van der Waals surface area contributed by atoms with Gasteiger partial charge in [0.2, 0.25) is 0 Å². The van der Waals surface area contributed by atoms with Gasteiger partial charge in [0.15, 0.2) is 0 Å². The lowest BCUT2D eigenvalue weighted by molar-refractivity contribution is 0.0503. The van der Waals surface area contributed by atoms with E-state index in [1.165, 1.54) is 4.90 Å². The summed E-state index contributed by atoms with van der Waals surface area (Å²) < 4.78 is 10.8. The Labute approximate surface area is 143 Å². The fourth-order valence-corrected chi connectivity index (χ4v) is 2.63. The summed E-state index contributed by atoms with van der Waals surface area (Å²) in [5.74, 6) is 0.497. The molecule has 1 atom stereocenters. The highest BCUT2D eigenvalue weighted by Crippen LogP contribution is 2.38. The van der Waals surface area contributed by atoms with Crippen molar-refractivity contribution in [3.05, 3.63) is 29.3 Å². The van der Waals surface area contributed by atoms with Crippen LogP contribution < -0.4 is 10.1 Å². The van der Waals surface area contributed by atoms with Gasteiger partial charge in [-0.05, 0) is 52.2 Å². The van der Waals surface area contributed by atoms with Crippen molar-refractivity contribution in [2.24, 2.45) is 0 Å². The van der Waals surface area contributed by atoms with Crippen LogP contribution in [-0.4, -0.2) is 36.3 Å². The van der Waals surface area contributed by atoms with Gasteiger partial charge in [-0.15, -0.1) is 0 Å². The molecule has 0 saturated carbocycles. The molecule has 6 nitrogen and oxygen atoms in total. The molecule has 1 aliphatic carbocycles. The Morgan fingerprint density at radius 3 is 2.67 bits per heavy atom. The first-order valence-electron chi connectivity index (χ1n) is 8.25. The number of alkyl carbamates (subject to hydrolysis) is 1. The van der Waals surface area contributed by atoms with E-state index in [0.717, 1.165) is 24.0 Å². The van der Waals surface area contributed by atoms with Gasteiger partial charge >= 0.3 is 12.2 Å². The molecule has 24 heavy (non-hydrogen) atoms. The molecule has 1 unspecified atom stereocenters. The van der Waals surface area contributed by atoms with E-state index in [0.29, 0.717) is 12.3 Å². The highest BCUT2D eigenvalue weighted by Gasteiger charge is 2.30. The Hall–Kier alpha value is -2.24. The number of hydrogen-bond donors (Lipinski definition) is 1. The monoisotopic (exact) mass is 334 g/mol. The van der Waals surface area contributed by atoms with Crippen molar-refractivity contribution in [1.29, 1.82) is 0 Å². The molecule has 6 heteroatoms. The van der Waals surface area contributed by atoms with Crippen LogP contribution in [-0.2, 0) is 11.2 Å². The molecule has 0 fully saturated rings. The number of ether oxygens (including phenoxy) is 2. The van der Waals surface area contributed by atoms with Crippen LogP contribution in [0.4, 0.5) is 9.59 Å². The number of nitrogens with one attached hydrogen (secondary N) is 1. The third-order valence-electron chi connectivity index (χ3n) is 3.88. The number of carbonyl (C=O) groups is 2. The van der Waals surface area contributed by atoms with E-state index in [1.807, 2.05) is 39.8 Å². The second-order valence-corrected chi connectivity index (χ2v) is 6.95. The minimum Gasteiger partial charge on any atom is -0.444 e. The van der Waals surface area contributed by atoms with Crippen LogP contribution >= 0.6 is 0 Å². The van der Waals surface area contributed by atoms with Crippen molar-refractivity contribution >= 4 is 12.2 Å². The van der Waals surface area contributed by atoms with Crippen LogP contribution in [0.3, 0.4) is 0 Å². The quantitative estimate of drug-likeness (QED) is 0.916. The minimum absolute atomic E-state index is 0.217. The second-order valence-electron chi connectivity index (χ2n) is 6.95. The van der Waals surface area contributed by atoms with Crippen LogP contribution in [0.25, 0.3) is 0 Å². The number of amides is 2. The normalized spacial score (nSPS) is 16.3. The van der Waals surface area contributed by atoms with Crippen molar-refractivity contribution in [3.8, 4) is 5.75 Å². The number of fused-ring (bicyclic) bond motifs is 1. The summed E-state index contributed by atoms with van der Waals surface area (Å²) in [5.41, 5.74) is 1.39. The molecule has 1 aromatic carbocycles. The van der Waals surface area contributed by atoms with Crippen LogP contribution in [0.15, 0.2) is 18.2 Å². The van der Waals surface area contributed by atoms with Crippen LogP contribution in [0.2, 0.25) is 0 Å². The molecular weight excluding hydrogens is 308 g/mol. The molecule has 2 rings (SSSR count). The van der Waals surface area contributed by atoms with E-state index < -0.39 is 17.8 Å². The number of nitrogens with zero attached hydrogens (tertiary/aromatic N) is 1. The van der Waals surface area contributed by atoms with Gasteiger partial charge in [0.05, 0.1) is 6.04 Å². The topological polar surface area (TPSA) is 67.9 Å². The van der Waals surface area contributed by atoms with Crippen LogP contribution in [0.1, 0.15) is 51.3 Å². The molecule has 0 aliphatic heterocycles. The summed E-state index contributed by atoms with van der Waals surface area (Å²) in [6.07, 6.45) is 0.707. The minimum atomic E-state index is -0.554. The van der Waals surface area contributed by atoms with E-state index in [4.69, 9.17) is 9.47 Å². The maximum absolute atomic E-state index is 12.1. The zero-order chi connectivity index (χ0) is 17.9. The van der Waals surface area contributed by atoms with Gasteiger partial charge in [-0.25, -0.2) is 9.59 Å². The Morgan fingerprint density at radius 1 is 1.33 bits per heavy atom. The van der Waals surface area contributed by atoms with Gasteiger partial charge in [-0.3, -0.25) is 0 Å². The number of benzene rings is 1. The van der Waals surface area contributed by atoms with Crippen molar-refractivity contribution in [1.82, 2.24) is 10.2 Å². The second kappa shape index (κ2) is 7.11. The van der Waals surface area contributed by atoms with Crippen LogP contribution in [0.5, 0.6) is 5.75 Å². The molecule has 0 saturated heterocycles. The van der Waals surface area contributed by atoms with Crippen LogP contribution in [0, 0.1) is 0 Å². The third kappa shape index (κ3) is 4.40. The summed E-state index contributed by atoms with van der Waals surface area (Å²) in [6.45, 7) is 7.91. The average molecular weight is 334 g/mol. The van der Waals surface area contributed by atoms with E-state index in [-0.39, 0.29) is 6.04 Å². The number of rotatable bonds is 3. The standard InChI is InChI=1S/C18H26N2O4/c1-6-20(5)17(22)23-14-9-7-8-12-10-11-13(15(12)14)19-16(21)24-18(2,3)4/h7-9,13H,6,10-11H2,1-5H3,(H,19,21). The van der Waals surface area contributed by atoms with Gasteiger partial charge in [0, 0.05) is 19.2 Å². The molecule has 0 bridgehead atoms. The van der Waals surface area contributed by atoms with Gasteiger partial charge in [-0.1, -0.05) is 12.1 Å². The summed E-state index contributed by atoms with van der Waals surface area (Å²) in [4.78, 5) is 25.6. The Balaban J connectivity index is 2.16. The molecule has 2 amide bonds. The first-order chi connectivity index (χ1) is 11.2. The van der Waals surface area contributed by atoms with Gasteiger partial charge in [0.1, 0.15) is 11.4 Å². The number of carbonyl (C=O) groups excluding carboxylic acids is 2. The van der Waals surface area contributed by atoms with E-state index >= 15 is 0 Å². The molecule has 0 spiro atoms. The fraction of sp³-hybridized carbons (Fsp3) is 0.556. The van der Waals surface area contributed by atoms with Gasteiger partial charge in [-0.2, -0.15) is 0 Å². The van der Waals surface area contributed by atoms with Crippen molar-refractivity contribution < 1.29 is 19.1 Å². The Bertz CT molecular complexity index is 622. The van der Waals surface area contributed by atoms with E-state index in [9.17, 15) is 9.59 Å². The van der Waals surface area contributed by atoms with Crippen molar-refractivity contribution in [3.63, 3.8) is 0 Å². The number of aryl methyl sites for hydroxylation is 1. The largest absolute Gasteiger partial charge is 0.444 e. The van der Waals surface area contributed by atoms with E-state index in [1.54, 1.807) is 13.1 Å². The Kier molecular flexibility index (Phi) is 5.36. The molecule has 1 aromatic rings. The third-order valence-corrected chi connectivity index (χ3v) is 3.88. The van der Waals surface area contributed by atoms with Gasteiger partial charge in [0.25, 0.3) is 0 Å². The summed E-state index contributed by atoms with van der Waals surface area (Å²) in [5, 5.41) is 2.88. The van der Waals surface area contributed by atoms with E-state index in [2.05, 4.69) is 5.32 Å². The molecule has 0 aromatic heterocycles. The molecular formula is C18H26N2O4. The summed E-state index contributed by atoms with van der Waals surface area (Å²) in [6, 6.07) is 5.40. The SMILES string of the molecule is CCN(C)C(=O)Oc1cccc2c1C(NC(=O)OC(C)(C)C)CC2. The molecule has 1 aliphatic rings. The highest BCUT2D eigenvalue weighted by atomic mass is 16.6. The average Bonchev–Trinajstić information content (AvgIpc) is 2.88. The Morgan fingerprint density at radius 2 is 2.04 bits per heavy atom. The number of hydrogen-bond acceptors (Lipinski definition) is 4. The van der Waals surface area contributed by atoms with Crippen molar-refractivity contribution in [2.45, 2.75) is 52.2 Å². The summed E-state index contributed by atoms with van der Waals surface area (Å²) >= 11 is 0. The smallest absolute Gasteiger partial charge is 0.414 e. The predicted molar refractivity (Wildman–Crippen MR) is 91.2 cm³/mol. The molecule has 0 heterocycles. The molecule has 1 N–H and O–H groups in total. The maximum atomic E-state index is 12.1. The molecule has 132 valence electrons. The lowest BCUT2D eigenvalue weighted by Gasteiger charge is -2.23.